The van der Waals surface area contributed by atoms with Crippen molar-refractivity contribution in [3.63, 3.8) is 0 Å². The Balaban J connectivity index is 1.69. The van der Waals surface area contributed by atoms with Gasteiger partial charge in [0.1, 0.15) is 5.75 Å². The maximum absolute atomic E-state index is 13.3. The van der Waals surface area contributed by atoms with E-state index in [1.54, 1.807) is 0 Å². The van der Waals surface area contributed by atoms with Crippen LogP contribution in [0.5, 0.6) is 5.75 Å². The van der Waals surface area contributed by atoms with E-state index < -0.39 is 6.10 Å². The maximum Gasteiger partial charge on any atom is 0.263 e. The minimum absolute atomic E-state index is 0.0817. The van der Waals surface area contributed by atoms with Crippen LogP contribution in [-0.2, 0) is 9.53 Å². The molecule has 0 bridgehead atoms. The Morgan fingerprint density at radius 3 is 2.63 bits per heavy atom. The molecule has 1 aromatic rings. The zero-order valence-corrected chi connectivity index (χ0v) is 17.2. The fraction of sp³-hybridized carbons (Fsp3) is 0.682. The van der Waals surface area contributed by atoms with Crippen molar-refractivity contribution in [3.05, 3.63) is 29.3 Å². The van der Waals surface area contributed by atoms with Crippen LogP contribution in [0.25, 0.3) is 0 Å². The molecule has 3 rings (SSSR count). The Labute approximate surface area is 163 Å². The van der Waals surface area contributed by atoms with Gasteiger partial charge in [-0.1, -0.05) is 6.07 Å². The molecule has 2 atom stereocenters. The second kappa shape index (κ2) is 9.07. The minimum Gasteiger partial charge on any atom is -0.481 e. The summed E-state index contributed by atoms with van der Waals surface area (Å²) in [5.74, 6) is 0.845. The van der Waals surface area contributed by atoms with Crippen LogP contribution in [0.2, 0.25) is 0 Å². The summed E-state index contributed by atoms with van der Waals surface area (Å²) in [4.78, 5) is 17.7. The summed E-state index contributed by atoms with van der Waals surface area (Å²) in [5, 5.41) is 0. The molecule has 2 heterocycles. The average molecular weight is 375 g/mol. The Morgan fingerprint density at radius 1 is 1.26 bits per heavy atom. The highest BCUT2D eigenvalue weighted by Gasteiger charge is 2.33. The normalized spacial score (nSPS) is 22.6. The number of hydrogen-bond acceptors (Lipinski definition) is 4. The summed E-state index contributed by atoms with van der Waals surface area (Å²) in [5.41, 5.74) is 2.41. The van der Waals surface area contributed by atoms with Gasteiger partial charge in [-0.15, -0.1) is 0 Å². The highest BCUT2D eigenvalue weighted by molar-refractivity contribution is 5.81. The number of aryl methyl sites for hydroxylation is 2. The van der Waals surface area contributed by atoms with Gasteiger partial charge in [-0.05, 0) is 89.9 Å². The summed E-state index contributed by atoms with van der Waals surface area (Å²) in [7, 11) is 2.15. The van der Waals surface area contributed by atoms with E-state index in [0.717, 1.165) is 51.1 Å². The summed E-state index contributed by atoms with van der Waals surface area (Å²) >= 11 is 0. The van der Waals surface area contributed by atoms with E-state index in [1.165, 1.54) is 11.1 Å². The van der Waals surface area contributed by atoms with Crippen LogP contribution in [0.4, 0.5) is 0 Å². The summed E-state index contributed by atoms with van der Waals surface area (Å²) < 4.78 is 11.9. The number of carbonyl (C=O) groups excluding carboxylic acids is 1. The fourth-order valence-electron chi connectivity index (χ4n) is 4.01. The van der Waals surface area contributed by atoms with E-state index in [-0.39, 0.29) is 18.1 Å². The molecule has 0 N–H and O–H groups in total. The first-order valence-electron chi connectivity index (χ1n) is 10.3. The molecule has 0 unspecified atom stereocenters. The second-order valence-corrected chi connectivity index (χ2v) is 8.17. The number of rotatable bonds is 6. The zero-order valence-electron chi connectivity index (χ0n) is 17.2. The first-order chi connectivity index (χ1) is 12.9. The number of amides is 1. The van der Waals surface area contributed by atoms with Crippen LogP contribution >= 0.6 is 0 Å². The molecule has 5 heteroatoms. The number of hydrogen-bond donors (Lipinski definition) is 0. The van der Waals surface area contributed by atoms with Gasteiger partial charge in [-0.25, -0.2) is 0 Å². The van der Waals surface area contributed by atoms with Gasteiger partial charge in [0, 0.05) is 19.2 Å². The SMILES string of the molecule is Cc1ccc(O[C@@H](C)C(=O)N(C[C@@H]2CCCO2)C2CCN(C)CC2)cc1C. The summed E-state index contributed by atoms with van der Waals surface area (Å²) in [6.45, 7) is 9.59. The third-order valence-corrected chi connectivity index (χ3v) is 5.98. The van der Waals surface area contributed by atoms with Gasteiger partial charge in [0.2, 0.25) is 0 Å². The van der Waals surface area contributed by atoms with Crippen molar-refractivity contribution in [1.82, 2.24) is 9.80 Å². The van der Waals surface area contributed by atoms with Gasteiger partial charge >= 0.3 is 0 Å². The van der Waals surface area contributed by atoms with Crippen LogP contribution in [0.15, 0.2) is 18.2 Å². The predicted octanol–water partition coefficient (Wildman–Crippen LogP) is 3.17. The molecule has 1 aromatic carbocycles. The van der Waals surface area contributed by atoms with Crippen molar-refractivity contribution in [1.29, 1.82) is 0 Å². The lowest BCUT2D eigenvalue weighted by atomic mass is 10.0. The molecule has 2 aliphatic heterocycles. The van der Waals surface area contributed by atoms with Gasteiger partial charge in [0.25, 0.3) is 5.91 Å². The van der Waals surface area contributed by atoms with Crippen molar-refractivity contribution < 1.29 is 14.3 Å². The molecular formula is C22H34N2O3. The van der Waals surface area contributed by atoms with E-state index in [4.69, 9.17) is 9.47 Å². The van der Waals surface area contributed by atoms with E-state index in [9.17, 15) is 4.79 Å². The van der Waals surface area contributed by atoms with E-state index in [0.29, 0.717) is 6.54 Å². The number of carbonyl (C=O) groups is 1. The van der Waals surface area contributed by atoms with Crippen molar-refractivity contribution in [2.24, 2.45) is 0 Å². The standard InChI is InChI=1S/C22H34N2O3/c1-16-7-8-20(14-17(16)2)27-18(3)22(25)24(15-21-6-5-13-26-21)19-9-11-23(4)12-10-19/h7-8,14,18-19,21H,5-6,9-13,15H2,1-4H3/t18-,21-/m0/s1. The number of nitrogens with zero attached hydrogens (tertiary/aromatic N) is 2. The molecule has 2 saturated heterocycles. The van der Waals surface area contributed by atoms with E-state index in [2.05, 4.69) is 30.7 Å². The third-order valence-electron chi connectivity index (χ3n) is 5.98. The summed E-state index contributed by atoms with van der Waals surface area (Å²) in [6, 6.07) is 6.29. The molecule has 2 fully saturated rings. The number of piperidine rings is 1. The largest absolute Gasteiger partial charge is 0.481 e. The molecule has 5 nitrogen and oxygen atoms in total. The van der Waals surface area contributed by atoms with Crippen LogP contribution < -0.4 is 4.74 Å². The third kappa shape index (κ3) is 5.23. The molecule has 27 heavy (non-hydrogen) atoms. The highest BCUT2D eigenvalue weighted by atomic mass is 16.5. The van der Waals surface area contributed by atoms with Gasteiger partial charge < -0.3 is 19.3 Å². The molecule has 0 aromatic heterocycles. The first-order valence-corrected chi connectivity index (χ1v) is 10.3. The lowest BCUT2D eigenvalue weighted by Gasteiger charge is -2.39. The Morgan fingerprint density at radius 2 is 2.00 bits per heavy atom. The van der Waals surface area contributed by atoms with E-state index >= 15 is 0 Å². The Hall–Kier alpha value is -1.59. The molecular weight excluding hydrogens is 340 g/mol. The van der Waals surface area contributed by atoms with Crippen molar-refractivity contribution in [2.45, 2.75) is 64.7 Å². The van der Waals surface area contributed by atoms with Crippen molar-refractivity contribution in [2.75, 3.05) is 33.3 Å². The van der Waals surface area contributed by atoms with Crippen LogP contribution in [0, 0.1) is 13.8 Å². The van der Waals surface area contributed by atoms with Crippen LogP contribution in [0.3, 0.4) is 0 Å². The lowest BCUT2D eigenvalue weighted by Crippen LogP contribution is -2.52. The molecule has 0 aliphatic carbocycles. The van der Waals surface area contributed by atoms with Crippen LogP contribution in [0.1, 0.15) is 43.7 Å². The number of benzene rings is 1. The molecule has 150 valence electrons. The quantitative estimate of drug-likeness (QED) is 0.767. The van der Waals surface area contributed by atoms with Gasteiger partial charge in [0.05, 0.1) is 6.10 Å². The fourth-order valence-corrected chi connectivity index (χ4v) is 4.01. The monoisotopic (exact) mass is 374 g/mol. The molecule has 0 radical (unpaired) electrons. The molecule has 1 amide bonds. The van der Waals surface area contributed by atoms with Gasteiger partial charge in [-0.2, -0.15) is 0 Å². The summed E-state index contributed by atoms with van der Waals surface area (Å²) in [6.07, 6.45) is 3.85. The first kappa shape index (κ1) is 20.2. The highest BCUT2D eigenvalue weighted by Crippen LogP contribution is 2.23. The van der Waals surface area contributed by atoms with Crippen molar-refractivity contribution in [3.8, 4) is 5.75 Å². The maximum atomic E-state index is 13.3. The predicted molar refractivity (Wildman–Crippen MR) is 107 cm³/mol. The Kier molecular flexibility index (Phi) is 6.77. The lowest BCUT2D eigenvalue weighted by molar-refractivity contribution is -0.143. The Bertz CT molecular complexity index is 634. The second-order valence-electron chi connectivity index (χ2n) is 8.17. The van der Waals surface area contributed by atoms with E-state index in [1.807, 2.05) is 25.1 Å². The van der Waals surface area contributed by atoms with Crippen molar-refractivity contribution >= 4 is 5.91 Å². The zero-order chi connectivity index (χ0) is 19.4. The van der Waals surface area contributed by atoms with Gasteiger partial charge in [0.15, 0.2) is 6.10 Å². The topological polar surface area (TPSA) is 42.0 Å². The molecule has 0 saturated carbocycles. The van der Waals surface area contributed by atoms with Crippen LogP contribution in [-0.4, -0.2) is 67.2 Å². The minimum atomic E-state index is -0.492. The molecule has 2 aliphatic rings. The average Bonchev–Trinajstić information content (AvgIpc) is 3.16. The smallest absolute Gasteiger partial charge is 0.263 e. The molecule has 0 spiro atoms. The number of likely N-dealkylation sites (tertiary alicyclic amines) is 1. The number of ether oxygens (including phenoxy) is 2. The van der Waals surface area contributed by atoms with Gasteiger partial charge in [-0.3, -0.25) is 4.79 Å².